The van der Waals surface area contributed by atoms with Gasteiger partial charge in [0, 0.05) is 40.4 Å². The Labute approximate surface area is 158 Å². The van der Waals surface area contributed by atoms with E-state index in [0.717, 1.165) is 24.1 Å². The summed E-state index contributed by atoms with van der Waals surface area (Å²) in [7, 11) is 0. The van der Waals surface area contributed by atoms with Crippen LogP contribution in [0, 0.1) is 11.3 Å². The first-order valence-electron chi connectivity index (χ1n) is 9.42. The zero-order valence-corrected chi connectivity index (χ0v) is 15.5. The Balaban J connectivity index is 1.74. The lowest BCUT2D eigenvalue weighted by Crippen LogP contribution is -2.58. The molecule has 3 aliphatic carbocycles. The monoisotopic (exact) mass is 358 g/mol. The molecule has 1 heterocycles. The van der Waals surface area contributed by atoms with Gasteiger partial charge < -0.3 is 10.1 Å². The Morgan fingerprint density at radius 2 is 2.04 bits per heavy atom. The predicted molar refractivity (Wildman–Crippen MR) is 106 cm³/mol. The molecule has 5 rings (SSSR count). The minimum absolute atomic E-state index is 0.0492. The fraction of sp³-hybridized carbons (Fsp3) is 0.304. The van der Waals surface area contributed by atoms with Gasteiger partial charge in [-0.3, -0.25) is 9.79 Å². The number of pyridine rings is 1. The molecule has 1 aromatic heterocycles. The van der Waals surface area contributed by atoms with Gasteiger partial charge in [-0.15, -0.1) is 0 Å². The van der Waals surface area contributed by atoms with Gasteiger partial charge in [-0.25, -0.2) is 0 Å². The van der Waals surface area contributed by atoms with Crippen molar-refractivity contribution in [3.8, 4) is 5.75 Å². The number of aromatic hydroxyl groups is 1. The Hall–Kier alpha value is -2.88. The van der Waals surface area contributed by atoms with Crippen LogP contribution in [-0.4, -0.2) is 16.3 Å². The van der Waals surface area contributed by atoms with Crippen LogP contribution in [0.15, 0.2) is 69.5 Å². The smallest absolute Gasteiger partial charge is 0.248 e. The van der Waals surface area contributed by atoms with E-state index in [0.29, 0.717) is 11.5 Å². The molecular weight excluding hydrogens is 336 g/mol. The topological polar surface area (TPSA) is 65.5 Å². The summed E-state index contributed by atoms with van der Waals surface area (Å²) in [4.78, 5) is 20.1. The van der Waals surface area contributed by atoms with Crippen LogP contribution in [0.2, 0.25) is 0 Å². The summed E-state index contributed by atoms with van der Waals surface area (Å²) in [5.41, 5.74) is 4.90. The molecule has 1 saturated carbocycles. The maximum absolute atomic E-state index is 11.9. The van der Waals surface area contributed by atoms with Gasteiger partial charge in [0.05, 0.1) is 0 Å². The molecule has 4 heteroatoms. The number of rotatable bonds is 2. The maximum atomic E-state index is 11.9. The van der Waals surface area contributed by atoms with Gasteiger partial charge >= 0.3 is 0 Å². The third-order valence-electron chi connectivity index (χ3n) is 6.64. The molecule has 0 amide bonds. The van der Waals surface area contributed by atoms with E-state index in [9.17, 15) is 9.90 Å². The number of benzene rings is 1. The third-order valence-corrected chi connectivity index (χ3v) is 6.64. The summed E-state index contributed by atoms with van der Waals surface area (Å²) in [5, 5.41) is 10.2. The minimum Gasteiger partial charge on any atom is -0.507 e. The Kier molecular flexibility index (Phi) is 3.21. The van der Waals surface area contributed by atoms with Crippen molar-refractivity contribution in [2.75, 3.05) is 0 Å². The number of aliphatic imine (C=N–C) groups is 1. The molecule has 0 aliphatic heterocycles. The van der Waals surface area contributed by atoms with Crippen LogP contribution in [-0.2, 0) is 12.0 Å². The lowest BCUT2D eigenvalue weighted by atomic mass is 9.46. The number of nitrogens with one attached hydrogen (secondary N) is 1. The van der Waals surface area contributed by atoms with Crippen LogP contribution in [0.1, 0.15) is 37.1 Å². The first kappa shape index (κ1) is 16.3. The van der Waals surface area contributed by atoms with E-state index in [1.54, 1.807) is 18.3 Å². The first-order chi connectivity index (χ1) is 13.0. The minimum atomic E-state index is -0.470. The molecule has 0 bridgehead atoms. The third kappa shape index (κ3) is 1.88. The van der Waals surface area contributed by atoms with Gasteiger partial charge in [0.2, 0.25) is 5.56 Å². The molecule has 1 aromatic carbocycles. The zero-order valence-electron chi connectivity index (χ0n) is 15.5. The number of H-pyrrole nitrogens is 1. The van der Waals surface area contributed by atoms with E-state index in [2.05, 4.69) is 31.0 Å². The summed E-state index contributed by atoms with van der Waals surface area (Å²) >= 11 is 0. The number of hydrogen-bond donors (Lipinski definition) is 2. The van der Waals surface area contributed by atoms with E-state index in [-0.39, 0.29) is 16.7 Å². The Morgan fingerprint density at radius 3 is 2.81 bits per heavy atom. The van der Waals surface area contributed by atoms with Crippen molar-refractivity contribution in [1.29, 1.82) is 0 Å². The average Bonchev–Trinajstić information content (AvgIpc) is 3.04. The highest BCUT2D eigenvalue weighted by Gasteiger charge is 2.73. The molecule has 1 spiro atoms. The Bertz CT molecular complexity index is 1110. The molecule has 2 unspecified atom stereocenters. The zero-order chi connectivity index (χ0) is 18.8. The molecule has 136 valence electrons. The van der Waals surface area contributed by atoms with Crippen molar-refractivity contribution >= 4 is 6.21 Å². The number of fused-ring (bicyclic) bond motifs is 2. The summed E-state index contributed by atoms with van der Waals surface area (Å²) < 4.78 is 0. The van der Waals surface area contributed by atoms with Gasteiger partial charge in [0.25, 0.3) is 0 Å². The van der Waals surface area contributed by atoms with Gasteiger partial charge in [-0.2, -0.15) is 0 Å². The van der Waals surface area contributed by atoms with Crippen LogP contribution in [0.25, 0.3) is 0 Å². The summed E-state index contributed by atoms with van der Waals surface area (Å²) in [6.07, 6.45) is 8.15. The lowest BCUT2D eigenvalue weighted by molar-refractivity contribution is 0.0518. The van der Waals surface area contributed by atoms with Gasteiger partial charge in [-0.1, -0.05) is 29.9 Å². The largest absolute Gasteiger partial charge is 0.507 e. The number of aromatic amines is 1. The highest BCUT2D eigenvalue weighted by molar-refractivity contribution is 5.84. The maximum Gasteiger partial charge on any atom is 0.248 e. The molecular formula is C23H22N2O2. The molecule has 0 radical (unpaired) electrons. The predicted octanol–water partition coefficient (Wildman–Crippen LogP) is 3.86. The van der Waals surface area contributed by atoms with E-state index >= 15 is 0 Å². The molecule has 2 aromatic rings. The van der Waals surface area contributed by atoms with Crippen molar-refractivity contribution < 1.29 is 5.11 Å². The van der Waals surface area contributed by atoms with Crippen LogP contribution < -0.4 is 5.56 Å². The molecule has 27 heavy (non-hydrogen) atoms. The van der Waals surface area contributed by atoms with Gasteiger partial charge in [-0.05, 0) is 50.5 Å². The summed E-state index contributed by atoms with van der Waals surface area (Å²) in [5.74, 6) is 0.588. The highest BCUT2D eigenvalue weighted by Crippen LogP contribution is 2.75. The number of aromatic nitrogens is 1. The van der Waals surface area contributed by atoms with Crippen molar-refractivity contribution in [1.82, 2.24) is 4.98 Å². The fourth-order valence-corrected chi connectivity index (χ4v) is 5.75. The number of phenolic OH excluding ortho intramolecular Hbond substituents is 1. The van der Waals surface area contributed by atoms with Crippen molar-refractivity contribution in [2.24, 2.45) is 16.3 Å². The lowest BCUT2D eigenvalue weighted by Gasteiger charge is -2.58. The van der Waals surface area contributed by atoms with Crippen molar-refractivity contribution in [2.45, 2.75) is 32.2 Å². The molecule has 4 nitrogen and oxygen atoms in total. The number of phenols is 1. The second-order valence-corrected chi connectivity index (χ2v) is 7.99. The molecule has 0 saturated heterocycles. The molecule has 2 N–H and O–H groups in total. The van der Waals surface area contributed by atoms with E-state index in [1.807, 2.05) is 24.3 Å². The quantitative estimate of drug-likeness (QED) is 0.632. The van der Waals surface area contributed by atoms with Gasteiger partial charge in [0.1, 0.15) is 11.3 Å². The number of hydrogen-bond acceptors (Lipinski definition) is 3. The van der Waals surface area contributed by atoms with Crippen LogP contribution in [0.4, 0.5) is 0 Å². The van der Waals surface area contributed by atoms with E-state index in [1.165, 1.54) is 11.1 Å². The van der Waals surface area contributed by atoms with Crippen LogP contribution in [0.5, 0.6) is 5.75 Å². The second kappa shape index (κ2) is 5.32. The first-order valence-corrected chi connectivity index (χ1v) is 9.42. The number of allylic oxidation sites excluding steroid dienone is 3. The molecule has 1 fully saturated rings. The number of nitrogens with zero attached hydrogens (tertiary/aromatic N) is 1. The molecule has 3 aliphatic rings. The standard InChI is InChI=1S/C23H22N2O2/c1-3-16-18-10-14(2)11-22(18)12-19-17(8-9-21(27)25-19)23(16,22)24-13-15-6-4-5-7-20(15)26/h3-10,13,18,26H,11-12H2,1-2H3,(H,25,27)/t18?,22?,23-/m1/s1. The van der Waals surface area contributed by atoms with E-state index < -0.39 is 5.54 Å². The fourth-order valence-electron chi connectivity index (χ4n) is 5.75. The van der Waals surface area contributed by atoms with Crippen LogP contribution >= 0.6 is 0 Å². The SMILES string of the molecule is CC=C1C2C=C(C)CC23Cc2[nH]c(=O)ccc2[C@]13N=Cc1ccccc1O. The van der Waals surface area contributed by atoms with Gasteiger partial charge in [0.15, 0.2) is 0 Å². The summed E-state index contributed by atoms with van der Waals surface area (Å²) in [6.45, 7) is 4.26. The number of para-hydroxylation sites is 1. The van der Waals surface area contributed by atoms with E-state index in [4.69, 9.17) is 4.99 Å². The van der Waals surface area contributed by atoms with Crippen molar-refractivity contribution in [3.05, 3.63) is 86.9 Å². The van der Waals surface area contributed by atoms with Crippen molar-refractivity contribution in [3.63, 3.8) is 0 Å². The average molecular weight is 358 g/mol. The highest BCUT2D eigenvalue weighted by atomic mass is 16.3. The normalized spacial score (nSPS) is 32.1. The second-order valence-electron chi connectivity index (χ2n) is 7.99. The Morgan fingerprint density at radius 1 is 1.22 bits per heavy atom. The van der Waals surface area contributed by atoms with Crippen LogP contribution in [0.3, 0.4) is 0 Å². The summed E-state index contributed by atoms with van der Waals surface area (Å²) in [6, 6.07) is 10.8. The molecule has 3 atom stereocenters.